The van der Waals surface area contributed by atoms with Gasteiger partial charge in [-0.2, -0.15) is 0 Å². The average molecular weight is 279 g/mol. The van der Waals surface area contributed by atoms with Crippen LogP contribution in [0.3, 0.4) is 0 Å². The summed E-state index contributed by atoms with van der Waals surface area (Å²) >= 11 is 6.08. The second-order valence-corrected chi connectivity index (χ2v) is 4.65. The van der Waals surface area contributed by atoms with Crippen molar-refractivity contribution in [2.24, 2.45) is 5.84 Å². The van der Waals surface area contributed by atoms with E-state index in [0.29, 0.717) is 17.9 Å². The third-order valence-electron chi connectivity index (χ3n) is 2.95. The zero-order valence-electron chi connectivity index (χ0n) is 10.6. The highest BCUT2D eigenvalue weighted by molar-refractivity contribution is 6.31. The standard InChI is InChI=1S/C14H15ClN2O2/c1-9-11(3-2-4-12(9)15)13-7-5-10(19-13)6-8-14(18)17-16/h2-5,7H,6,8,16H2,1H3,(H,17,18). The lowest BCUT2D eigenvalue weighted by Crippen LogP contribution is -2.30. The maximum absolute atomic E-state index is 11.1. The van der Waals surface area contributed by atoms with E-state index in [9.17, 15) is 4.79 Å². The quantitative estimate of drug-likeness (QED) is 0.513. The third kappa shape index (κ3) is 3.16. The summed E-state index contributed by atoms with van der Waals surface area (Å²) in [5, 5.41) is 0.706. The van der Waals surface area contributed by atoms with Crippen LogP contribution in [-0.2, 0) is 11.2 Å². The molecular formula is C14H15ClN2O2. The lowest BCUT2D eigenvalue weighted by Gasteiger charge is -2.04. The molecule has 100 valence electrons. The monoisotopic (exact) mass is 278 g/mol. The highest BCUT2D eigenvalue weighted by Gasteiger charge is 2.10. The third-order valence-corrected chi connectivity index (χ3v) is 3.36. The summed E-state index contributed by atoms with van der Waals surface area (Å²) in [6, 6.07) is 9.43. The molecule has 0 spiro atoms. The van der Waals surface area contributed by atoms with Gasteiger partial charge < -0.3 is 4.42 Å². The first-order chi connectivity index (χ1) is 9.11. The van der Waals surface area contributed by atoms with Crippen LogP contribution in [0.2, 0.25) is 5.02 Å². The fraction of sp³-hybridized carbons (Fsp3) is 0.214. The summed E-state index contributed by atoms with van der Waals surface area (Å²) in [7, 11) is 0. The number of nitrogens with one attached hydrogen (secondary N) is 1. The van der Waals surface area contributed by atoms with Crippen LogP contribution in [-0.4, -0.2) is 5.91 Å². The minimum absolute atomic E-state index is 0.211. The van der Waals surface area contributed by atoms with E-state index >= 15 is 0 Å². The number of halogens is 1. The number of carbonyl (C=O) groups excluding carboxylic acids is 1. The Bertz CT molecular complexity index is 593. The van der Waals surface area contributed by atoms with Crippen molar-refractivity contribution >= 4 is 17.5 Å². The highest BCUT2D eigenvalue weighted by Crippen LogP contribution is 2.29. The molecule has 3 N–H and O–H groups in total. The largest absolute Gasteiger partial charge is 0.461 e. The molecular weight excluding hydrogens is 264 g/mol. The lowest BCUT2D eigenvalue weighted by atomic mass is 10.1. The fourth-order valence-electron chi connectivity index (χ4n) is 1.84. The number of rotatable bonds is 4. The Morgan fingerprint density at radius 1 is 1.37 bits per heavy atom. The van der Waals surface area contributed by atoms with Crippen LogP contribution in [0.4, 0.5) is 0 Å². The number of carbonyl (C=O) groups is 1. The van der Waals surface area contributed by atoms with Crippen molar-refractivity contribution < 1.29 is 9.21 Å². The molecule has 0 saturated carbocycles. The van der Waals surface area contributed by atoms with E-state index in [1.165, 1.54) is 0 Å². The average Bonchev–Trinajstić information content (AvgIpc) is 2.87. The van der Waals surface area contributed by atoms with Crippen molar-refractivity contribution in [1.82, 2.24) is 5.43 Å². The highest BCUT2D eigenvalue weighted by atomic mass is 35.5. The van der Waals surface area contributed by atoms with E-state index in [0.717, 1.165) is 22.6 Å². The molecule has 0 aliphatic carbocycles. The molecule has 0 aliphatic heterocycles. The molecule has 2 rings (SSSR count). The lowest BCUT2D eigenvalue weighted by molar-refractivity contribution is -0.121. The summed E-state index contributed by atoms with van der Waals surface area (Å²) in [5.74, 6) is 6.31. The van der Waals surface area contributed by atoms with Gasteiger partial charge in [0.05, 0.1) is 0 Å². The second kappa shape index (κ2) is 5.91. The van der Waals surface area contributed by atoms with Gasteiger partial charge in [-0.1, -0.05) is 23.7 Å². The van der Waals surface area contributed by atoms with E-state index in [-0.39, 0.29) is 5.91 Å². The van der Waals surface area contributed by atoms with Crippen LogP contribution < -0.4 is 11.3 Å². The van der Waals surface area contributed by atoms with E-state index in [1.54, 1.807) is 0 Å². The molecule has 1 aromatic heterocycles. The summed E-state index contributed by atoms with van der Waals surface area (Å²) in [5.41, 5.74) is 4.03. The van der Waals surface area contributed by atoms with Gasteiger partial charge >= 0.3 is 0 Å². The molecule has 0 saturated heterocycles. The Morgan fingerprint density at radius 3 is 2.89 bits per heavy atom. The molecule has 0 fully saturated rings. The zero-order chi connectivity index (χ0) is 13.8. The molecule has 0 aliphatic rings. The Hall–Kier alpha value is -1.78. The summed E-state index contributed by atoms with van der Waals surface area (Å²) < 4.78 is 5.72. The normalized spacial score (nSPS) is 10.5. The summed E-state index contributed by atoms with van der Waals surface area (Å²) in [6.07, 6.45) is 0.820. The molecule has 0 radical (unpaired) electrons. The van der Waals surface area contributed by atoms with Gasteiger partial charge in [-0.15, -0.1) is 0 Å². The zero-order valence-corrected chi connectivity index (χ0v) is 11.3. The number of amides is 1. The van der Waals surface area contributed by atoms with Gasteiger partial charge in [0.15, 0.2) is 0 Å². The predicted molar refractivity (Wildman–Crippen MR) is 74.5 cm³/mol. The molecule has 0 unspecified atom stereocenters. The first-order valence-corrected chi connectivity index (χ1v) is 6.33. The smallest absolute Gasteiger partial charge is 0.234 e. The first-order valence-electron chi connectivity index (χ1n) is 5.95. The maximum Gasteiger partial charge on any atom is 0.234 e. The molecule has 2 aromatic rings. The summed E-state index contributed by atoms with van der Waals surface area (Å²) in [6.45, 7) is 1.95. The topological polar surface area (TPSA) is 68.3 Å². The number of benzene rings is 1. The van der Waals surface area contributed by atoms with Crippen LogP contribution in [0.1, 0.15) is 17.7 Å². The van der Waals surface area contributed by atoms with Crippen molar-refractivity contribution in [2.75, 3.05) is 0 Å². The van der Waals surface area contributed by atoms with Gasteiger partial charge in [0.2, 0.25) is 5.91 Å². The molecule has 1 amide bonds. The molecule has 1 heterocycles. The number of hydrogen-bond acceptors (Lipinski definition) is 3. The molecule has 19 heavy (non-hydrogen) atoms. The Labute approximate surface area is 116 Å². The van der Waals surface area contributed by atoms with Gasteiger partial charge in [0, 0.05) is 23.4 Å². The van der Waals surface area contributed by atoms with Crippen molar-refractivity contribution in [3.63, 3.8) is 0 Å². The number of hydrazine groups is 1. The SMILES string of the molecule is Cc1c(Cl)cccc1-c1ccc(CCC(=O)NN)o1. The fourth-order valence-corrected chi connectivity index (χ4v) is 2.01. The molecule has 1 aromatic carbocycles. The maximum atomic E-state index is 11.1. The minimum Gasteiger partial charge on any atom is -0.461 e. The van der Waals surface area contributed by atoms with Gasteiger partial charge in [-0.3, -0.25) is 10.2 Å². The Balaban J connectivity index is 2.17. The number of hydrogen-bond donors (Lipinski definition) is 2. The number of furan rings is 1. The number of nitrogens with two attached hydrogens (primary N) is 1. The predicted octanol–water partition coefficient (Wildman–Crippen LogP) is 2.83. The van der Waals surface area contributed by atoms with Gasteiger partial charge in [0.1, 0.15) is 11.5 Å². The van der Waals surface area contributed by atoms with E-state index in [2.05, 4.69) is 5.43 Å². The van der Waals surface area contributed by atoms with Crippen molar-refractivity contribution in [3.05, 3.63) is 46.7 Å². The van der Waals surface area contributed by atoms with Crippen LogP contribution in [0.5, 0.6) is 0 Å². The molecule has 0 atom stereocenters. The molecule has 0 bridgehead atoms. The van der Waals surface area contributed by atoms with E-state index < -0.39 is 0 Å². The van der Waals surface area contributed by atoms with Crippen LogP contribution in [0, 0.1) is 6.92 Å². The summed E-state index contributed by atoms with van der Waals surface area (Å²) in [4.78, 5) is 11.1. The Morgan fingerprint density at radius 2 is 2.16 bits per heavy atom. The number of aryl methyl sites for hydroxylation is 1. The van der Waals surface area contributed by atoms with Gasteiger partial charge in [-0.25, -0.2) is 5.84 Å². The molecule has 5 heteroatoms. The van der Waals surface area contributed by atoms with Crippen molar-refractivity contribution in [1.29, 1.82) is 0 Å². The van der Waals surface area contributed by atoms with Crippen LogP contribution >= 0.6 is 11.6 Å². The van der Waals surface area contributed by atoms with Crippen molar-refractivity contribution in [3.8, 4) is 11.3 Å². The van der Waals surface area contributed by atoms with Gasteiger partial charge in [-0.05, 0) is 30.7 Å². The van der Waals surface area contributed by atoms with E-state index in [4.69, 9.17) is 21.9 Å². The minimum atomic E-state index is -0.211. The molecule has 4 nitrogen and oxygen atoms in total. The van der Waals surface area contributed by atoms with E-state index in [1.807, 2.05) is 37.3 Å². The van der Waals surface area contributed by atoms with Gasteiger partial charge in [0.25, 0.3) is 0 Å². The Kier molecular flexibility index (Phi) is 4.24. The second-order valence-electron chi connectivity index (χ2n) is 4.25. The van der Waals surface area contributed by atoms with Crippen molar-refractivity contribution in [2.45, 2.75) is 19.8 Å². The van der Waals surface area contributed by atoms with Crippen LogP contribution in [0.15, 0.2) is 34.7 Å². The van der Waals surface area contributed by atoms with Crippen LogP contribution in [0.25, 0.3) is 11.3 Å². The first kappa shape index (κ1) is 13.6.